The van der Waals surface area contributed by atoms with E-state index in [2.05, 4.69) is 5.32 Å². The van der Waals surface area contributed by atoms with Crippen molar-refractivity contribution in [2.24, 2.45) is 5.73 Å². The highest BCUT2D eigenvalue weighted by Crippen LogP contribution is 2.22. The summed E-state index contributed by atoms with van der Waals surface area (Å²) in [6.45, 7) is 0.685. The number of para-hydroxylation sites is 1. The number of rotatable bonds is 8. The molecule has 0 spiro atoms. The number of carbonyl (C=O) groups excluding carboxylic acids is 1. The fourth-order valence-corrected chi connectivity index (χ4v) is 2.06. The monoisotopic (exact) mass is 298 g/mol. The normalized spacial score (nSPS) is 10.2. The molecule has 0 atom stereocenters. The largest absolute Gasteiger partial charge is 0.457 e. The summed E-state index contributed by atoms with van der Waals surface area (Å²) >= 11 is 0. The van der Waals surface area contributed by atoms with E-state index < -0.39 is 0 Å². The Kier molecular flexibility index (Phi) is 6.45. The van der Waals surface area contributed by atoms with Gasteiger partial charge in [-0.3, -0.25) is 4.79 Å². The van der Waals surface area contributed by atoms with Crippen LogP contribution in [0.1, 0.15) is 25.7 Å². The van der Waals surface area contributed by atoms with E-state index >= 15 is 0 Å². The molecule has 116 valence electrons. The highest BCUT2D eigenvalue weighted by Gasteiger charge is 2.03. The van der Waals surface area contributed by atoms with E-state index in [1.165, 1.54) is 0 Å². The molecule has 3 N–H and O–H groups in total. The van der Waals surface area contributed by atoms with Gasteiger partial charge in [0.15, 0.2) is 0 Å². The average molecular weight is 298 g/mol. The van der Waals surface area contributed by atoms with Crippen LogP contribution in [0.4, 0.5) is 5.69 Å². The molecule has 4 heteroatoms. The zero-order chi connectivity index (χ0) is 15.6. The van der Waals surface area contributed by atoms with Gasteiger partial charge in [0.2, 0.25) is 5.91 Å². The van der Waals surface area contributed by atoms with Gasteiger partial charge < -0.3 is 15.8 Å². The second-order valence-corrected chi connectivity index (χ2v) is 5.09. The predicted molar refractivity (Wildman–Crippen MR) is 89.1 cm³/mol. The number of anilines is 1. The van der Waals surface area contributed by atoms with Crippen molar-refractivity contribution < 1.29 is 9.53 Å². The molecule has 0 saturated heterocycles. The molecule has 0 aliphatic rings. The number of carbonyl (C=O) groups is 1. The quantitative estimate of drug-likeness (QED) is 0.726. The number of nitrogens with one attached hydrogen (secondary N) is 1. The summed E-state index contributed by atoms with van der Waals surface area (Å²) in [6.07, 6.45) is 3.37. The van der Waals surface area contributed by atoms with Crippen molar-refractivity contribution in [3.8, 4) is 11.5 Å². The van der Waals surface area contributed by atoms with Crippen LogP contribution in [0.15, 0.2) is 54.6 Å². The van der Waals surface area contributed by atoms with Gasteiger partial charge in [-0.15, -0.1) is 0 Å². The Hall–Kier alpha value is -2.33. The maximum Gasteiger partial charge on any atom is 0.224 e. The van der Waals surface area contributed by atoms with Crippen LogP contribution in [0, 0.1) is 0 Å². The van der Waals surface area contributed by atoms with Crippen LogP contribution >= 0.6 is 0 Å². The molecule has 0 saturated carbocycles. The molecule has 0 aliphatic heterocycles. The molecule has 2 aromatic carbocycles. The molecule has 22 heavy (non-hydrogen) atoms. The Morgan fingerprint density at radius 2 is 1.59 bits per heavy atom. The van der Waals surface area contributed by atoms with Gasteiger partial charge in [0.05, 0.1) is 0 Å². The van der Waals surface area contributed by atoms with E-state index in [0.29, 0.717) is 13.0 Å². The lowest BCUT2D eigenvalue weighted by atomic mass is 10.2. The van der Waals surface area contributed by atoms with Gasteiger partial charge in [-0.25, -0.2) is 0 Å². The number of hydrogen-bond donors (Lipinski definition) is 2. The molecule has 4 nitrogen and oxygen atoms in total. The van der Waals surface area contributed by atoms with Crippen molar-refractivity contribution in [2.75, 3.05) is 11.9 Å². The van der Waals surface area contributed by atoms with Crippen LogP contribution in [0.25, 0.3) is 0 Å². The fraction of sp³-hybridized carbons (Fsp3) is 0.278. The first-order chi connectivity index (χ1) is 10.8. The van der Waals surface area contributed by atoms with Gasteiger partial charge in [0, 0.05) is 12.1 Å². The van der Waals surface area contributed by atoms with Gasteiger partial charge in [-0.2, -0.15) is 0 Å². The molecule has 0 fully saturated rings. The second kappa shape index (κ2) is 8.85. The van der Waals surface area contributed by atoms with E-state index in [9.17, 15) is 4.79 Å². The molecule has 0 unspecified atom stereocenters. The van der Waals surface area contributed by atoms with E-state index in [4.69, 9.17) is 10.5 Å². The van der Waals surface area contributed by atoms with Crippen molar-refractivity contribution >= 4 is 11.6 Å². The second-order valence-electron chi connectivity index (χ2n) is 5.09. The summed E-state index contributed by atoms with van der Waals surface area (Å²) in [5.41, 5.74) is 6.21. The van der Waals surface area contributed by atoms with Crippen LogP contribution in [0.2, 0.25) is 0 Å². The van der Waals surface area contributed by atoms with Gasteiger partial charge in [-0.1, -0.05) is 24.6 Å². The minimum absolute atomic E-state index is 0.0359. The summed E-state index contributed by atoms with van der Waals surface area (Å²) < 4.78 is 5.71. The Morgan fingerprint density at radius 3 is 2.27 bits per heavy atom. The molecule has 0 bridgehead atoms. The lowest BCUT2D eigenvalue weighted by molar-refractivity contribution is -0.116. The maximum absolute atomic E-state index is 11.8. The lowest BCUT2D eigenvalue weighted by Gasteiger charge is -2.08. The molecule has 1 amide bonds. The highest BCUT2D eigenvalue weighted by atomic mass is 16.5. The Bertz CT molecular complexity index is 567. The molecule has 0 radical (unpaired) electrons. The average Bonchev–Trinajstić information content (AvgIpc) is 2.54. The Balaban J connectivity index is 1.80. The minimum Gasteiger partial charge on any atom is -0.457 e. The standard InChI is InChI=1S/C18H22N2O2/c19-14-6-2-5-9-18(21)20-15-10-12-17(13-11-15)22-16-7-3-1-4-8-16/h1,3-4,7-8,10-13H,2,5-6,9,14,19H2,(H,20,21). The van der Waals surface area contributed by atoms with Crippen LogP contribution < -0.4 is 15.8 Å². The topological polar surface area (TPSA) is 64.4 Å². The van der Waals surface area contributed by atoms with Crippen molar-refractivity contribution in [3.63, 3.8) is 0 Å². The Labute approximate surface area is 131 Å². The fourth-order valence-electron chi connectivity index (χ4n) is 2.06. The van der Waals surface area contributed by atoms with Gasteiger partial charge >= 0.3 is 0 Å². The number of amides is 1. The summed E-state index contributed by atoms with van der Waals surface area (Å²) in [7, 11) is 0. The number of nitrogens with two attached hydrogens (primary N) is 1. The summed E-state index contributed by atoms with van der Waals surface area (Å²) in [4.78, 5) is 11.8. The lowest BCUT2D eigenvalue weighted by Crippen LogP contribution is -2.11. The maximum atomic E-state index is 11.8. The van der Waals surface area contributed by atoms with Crippen molar-refractivity contribution in [1.29, 1.82) is 0 Å². The van der Waals surface area contributed by atoms with Crippen molar-refractivity contribution in [1.82, 2.24) is 0 Å². The summed E-state index contributed by atoms with van der Waals surface area (Å²) in [5.74, 6) is 1.57. The first-order valence-corrected chi connectivity index (χ1v) is 7.61. The predicted octanol–water partition coefficient (Wildman–Crippen LogP) is 3.94. The summed E-state index contributed by atoms with van der Waals surface area (Å²) in [6, 6.07) is 17.0. The molecule has 0 heterocycles. The molecule has 0 aromatic heterocycles. The summed E-state index contributed by atoms with van der Waals surface area (Å²) in [5, 5.41) is 2.88. The van der Waals surface area contributed by atoms with E-state index in [0.717, 1.165) is 36.4 Å². The zero-order valence-corrected chi connectivity index (χ0v) is 12.6. The molecular weight excluding hydrogens is 276 g/mol. The number of hydrogen-bond acceptors (Lipinski definition) is 3. The number of ether oxygens (including phenoxy) is 1. The van der Waals surface area contributed by atoms with Crippen LogP contribution in [-0.2, 0) is 4.79 Å². The third kappa shape index (κ3) is 5.58. The van der Waals surface area contributed by atoms with E-state index in [1.54, 1.807) is 0 Å². The van der Waals surface area contributed by atoms with Crippen molar-refractivity contribution in [3.05, 3.63) is 54.6 Å². The van der Waals surface area contributed by atoms with Gasteiger partial charge in [-0.05, 0) is 55.8 Å². The first-order valence-electron chi connectivity index (χ1n) is 7.61. The third-order valence-corrected chi connectivity index (χ3v) is 3.22. The SMILES string of the molecule is NCCCCCC(=O)Nc1ccc(Oc2ccccc2)cc1. The van der Waals surface area contributed by atoms with Gasteiger partial charge in [0.25, 0.3) is 0 Å². The number of unbranched alkanes of at least 4 members (excludes halogenated alkanes) is 2. The van der Waals surface area contributed by atoms with E-state index in [1.807, 2.05) is 54.6 Å². The Morgan fingerprint density at radius 1 is 0.909 bits per heavy atom. The molecule has 2 aromatic rings. The number of benzene rings is 2. The van der Waals surface area contributed by atoms with Crippen LogP contribution in [-0.4, -0.2) is 12.5 Å². The third-order valence-electron chi connectivity index (χ3n) is 3.22. The van der Waals surface area contributed by atoms with E-state index in [-0.39, 0.29) is 5.91 Å². The minimum atomic E-state index is 0.0359. The van der Waals surface area contributed by atoms with Gasteiger partial charge in [0.1, 0.15) is 11.5 Å². The molecule has 0 aliphatic carbocycles. The highest BCUT2D eigenvalue weighted by molar-refractivity contribution is 5.90. The smallest absolute Gasteiger partial charge is 0.224 e. The molecular formula is C18H22N2O2. The van der Waals surface area contributed by atoms with Crippen LogP contribution in [0.5, 0.6) is 11.5 Å². The molecule has 2 rings (SSSR count). The first kappa shape index (κ1) is 16.0. The zero-order valence-electron chi connectivity index (χ0n) is 12.6. The van der Waals surface area contributed by atoms with Crippen LogP contribution in [0.3, 0.4) is 0 Å². The van der Waals surface area contributed by atoms with Crippen molar-refractivity contribution in [2.45, 2.75) is 25.7 Å².